The zero-order chi connectivity index (χ0) is 16.8. The third-order valence-corrected chi connectivity index (χ3v) is 2.90. The fourth-order valence-corrected chi connectivity index (χ4v) is 1.90. The van der Waals surface area contributed by atoms with E-state index in [0.29, 0.717) is 6.07 Å². The zero-order valence-corrected chi connectivity index (χ0v) is 11.9. The molecular weight excluding hydrogens is 302 g/mol. The van der Waals surface area contributed by atoms with E-state index in [4.69, 9.17) is 6.42 Å². The van der Waals surface area contributed by atoms with Crippen LogP contribution in [-0.4, -0.2) is 18.4 Å². The highest BCUT2D eigenvalue weighted by Crippen LogP contribution is 2.17. The molecule has 0 aromatic heterocycles. The van der Waals surface area contributed by atoms with Crippen LogP contribution in [0.15, 0.2) is 42.5 Å². The third-order valence-electron chi connectivity index (χ3n) is 2.90. The van der Waals surface area contributed by atoms with Gasteiger partial charge in [0.1, 0.15) is 11.6 Å². The van der Waals surface area contributed by atoms with E-state index in [0.717, 1.165) is 12.1 Å². The van der Waals surface area contributed by atoms with Crippen molar-refractivity contribution in [3.05, 3.63) is 65.2 Å². The van der Waals surface area contributed by atoms with Crippen LogP contribution in [0.4, 0.5) is 14.5 Å². The lowest BCUT2D eigenvalue weighted by Gasteiger charge is -2.10. The summed E-state index contributed by atoms with van der Waals surface area (Å²) >= 11 is 0. The van der Waals surface area contributed by atoms with Crippen LogP contribution in [0.5, 0.6) is 0 Å². The second-order valence-electron chi connectivity index (χ2n) is 4.54. The van der Waals surface area contributed by atoms with Crippen molar-refractivity contribution in [3.63, 3.8) is 0 Å². The maximum atomic E-state index is 13.2. The van der Waals surface area contributed by atoms with Gasteiger partial charge in [0.15, 0.2) is 0 Å². The second kappa shape index (κ2) is 7.18. The fraction of sp³-hybridized carbons (Fsp3) is 0.0588. The van der Waals surface area contributed by atoms with Crippen molar-refractivity contribution in [1.82, 2.24) is 5.32 Å². The first-order valence-corrected chi connectivity index (χ1v) is 6.59. The smallest absolute Gasteiger partial charge is 0.255 e. The number of anilines is 1. The normalized spacial score (nSPS) is 9.78. The average molecular weight is 314 g/mol. The first kappa shape index (κ1) is 16.2. The Labute approximate surface area is 131 Å². The van der Waals surface area contributed by atoms with Crippen molar-refractivity contribution in [2.45, 2.75) is 0 Å². The number of hydrogen-bond acceptors (Lipinski definition) is 2. The number of hydrogen-bond donors (Lipinski definition) is 2. The highest BCUT2D eigenvalue weighted by atomic mass is 19.1. The van der Waals surface area contributed by atoms with Gasteiger partial charge in [-0.05, 0) is 24.3 Å². The number of benzene rings is 2. The summed E-state index contributed by atoms with van der Waals surface area (Å²) in [6, 6.07) is 8.69. The van der Waals surface area contributed by atoms with Gasteiger partial charge in [0, 0.05) is 11.6 Å². The summed E-state index contributed by atoms with van der Waals surface area (Å²) in [5.41, 5.74) is 0.200. The Bertz CT molecular complexity index is 777. The summed E-state index contributed by atoms with van der Waals surface area (Å²) in [5.74, 6) is -0.671. The maximum absolute atomic E-state index is 13.2. The van der Waals surface area contributed by atoms with Gasteiger partial charge in [-0.2, -0.15) is 0 Å². The lowest BCUT2D eigenvalue weighted by atomic mass is 10.1. The number of rotatable bonds is 4. The van der Waals surface area contributed by atoms with E-state index >= 15 is 0 Å². The molecule has 2 rings (SSSR count). The van der Waals surface area contributed by atoms with Gasteiger partial charge in [-0.25, -0.2) is 8.78 Å². The van der Waals surface area contributed by atoms with E-state index in [9.17, 15) is 18.4 Å². The number of carbonyl (C=O) groups is 2. The summed E-state index contributed by atoms with van der Waals surface area (Å²) in [6.45, 7) is 0.0379. The molecule has 0 spiro atoms. The molecule has 0 aliphatic rings. The highest BCUT2D eigenvalue weighted by Gasteiger charge is 2.14. The average Bonchev–Trinajstić information content (AvgIpc) is 2.52. The lowest BCUT2D eigenvalue weighted by molar-refractivity contribution is 0.0959. The van der Waals surface area contributed by atoms with Gasteiger partial charge in [-0.15, -0.1) is 6.42 Å². The van der Waals surface area contributed by atoms with Crippen molar-refractivity contribution in [3.8, 4) is 12.3 Å². The molecule has 116 valence electrons. The van der Waals surface area contributed by atoms with E-state index in [-0.39, 0.29) is 23.4 Å². The van der Waals surface area contributed by atoms with Crippen LogP contribution in [0.2, 0.25) is 0 Å². The van der Waals surface area contributed by atoms with Crippen molar-refractivity contribution in [2.24, 2.45) is 0 Å². The summed E-state index contributed by atoms with van der Waals surface area (Å²) < 4.78 is 26.3. The number of terminal acetylenes is 1. The molecule has 0 bridgehead atoms. The van der Waals surface area contributed by atoms with E-state index in [2.05, 4.69) is 16.6 Å². The Kier molecular flexibility index (Phi) is 5.05. The molecule has 0 saturated carbocycles. The molecule has 0 unspecified atom stereocenters. The minimum absolute atomic E-state index is 0.0379. The summed E-state index contributed by atoms with van der Waals surface area (Å²) in [4.78, 5) is 24.1. The van der Waals surface area contributed by atoms with E-state index < -0.39 is 23.4 Å². The molecule has 2 aromatic carbocycles. The van der Waals surface area contributed by atoms with Crippen molar-refractivity contribution >= 4 is 17.5 Å². The Morgan fingerprint density at radius 2 is 1.70 bits per heavy atom. The predicted molar refractivity (Wildman–Crippen MR) is 81.9 cm³/mol. The third kappa shape index (κ3) is 4.14. The van der Waals surface area contributed by atoms with Crippen LogP contribution >= 0.6 is 0 Å². The minimum Gasteiger partial charge on any atom is -0.341 e. The number of halogens is 2. The van der Waals surface area contributed by atoms with Gasteiger partial charge in [-0.1, -0.05) is 18.1 Å². The molecule has 0 aliphatic heterocycles. The highest BCUT2D eigenvalue weighted by molar-refractivity contribution is 6.09. The number of amides is 2. The van der Waals surface area contributed by atoms with Crippen LogP contribution in [0.1, 0.15) is 20.7 Å². The minimum atomic E-state index is -0.866. The Balaban J connectivity index is 2.24. The molecule has 0 radical (unpaired) electrons. The molecule has 2 amide bonds. The molecule has 2 N–H and O–H groups in total. The second-order valence-corrected chi connectivity index (χ2v) is 4.54. The Morgan fingerprint density at radius 3 is 2.35 bits per heavy atom. The van der Waals surface area contributed by atoms with Crippen LogP contribution < -0.4 is 10.6 Å². The van der Waals surface area contributed by atoms with Crippen molar-refractivity contribution in [2.75, 3.05) is 11.9 Å². The predicted octanol–water partition coefficient (Wildman–Crippen LogP) is 2.58. The fourth-order valence-electron chi connectivity index (χ4n) is 1.90. The number of nitrogens with one attached hydrogen (secondary N) is 2. The summed E-state index contributed by atoms with van der Waals surface area (Å²) in [5, 5.41) is 4.93. The zero-order valence-electron chi connectivity index (χ0n) is 11.9. The van der Waals surface area contributed by atoms with E-state index in [1.807, 2.05) is 0 Å². The summed E-state index contributed by atoms with van der Waals surface area (Å²) in [7, 11) is 0. The van der Waals surface area contributed by atoms with E-state index in [1.165, 1.54) is 12.1 Å². The van der Waals surface area contributed by atoms with Gasteiger partial charge in [-0.3, -0.25) is 9.59 Å². The van der Waals surface area contributed by atoms with Gasteiger partial charge >= 0.3 is 0 Å². The van der Waals surface area contributed by atoms with Gasteiger partial charge in [0.05, 0.1) is 17.8 Å². The molecule has 0 fully saturated rings. The molecule has 6 heteroatoms. The Morgan fingerprint density at radius 1 is 1.04 bits per heavy atom. The lowest BCUT2D eigenvalue weighted by Crippen LogP contribution is -2.25. The molecule has 0 saturated heterocycles. The van der Waals surface area contributed by atoms with Crippen LogP contribution in [-0.2, 0) is 0 Å². The topological polar surface area (TPSA) is 58.2 Å². The first-order chi connectivity index (χ1) is 11.0. The molecule has 0 heterocycles. The van der Waals surface area contributed by atoms with Crippen LogP contribution in [0, 0.1) is 24.0 Å². The maximum Gasteiger partial charge on any atom is 0.255 e. The molecular formula is C17H12F2N2O2. The molecule has 0 aliphatic carbocycles. The molecule has 23 heavy (non-hydrogen) atoms. The standard InChI is InChI=1S/C17H12F2N2O2/c1-2-7-20-17(23)14-5-3-4-6-15(14)21-16(22)11-8-12(18)10-13(19)9-11/h1,3-6,8-10H,7H2,(H,20,23)(H,21,22). The van der Waals surface area contributed by atoms with Crippen LogP contribution in [0.3, 0.4) is 0 Å². The number of para-hydroxylation sites is 1. The van der Waals surface area contributed by atoms with Crippen molar-refractivity contribution < 1.29 is 18.4 Å². The van der Waals surface area contributed by atoms with E-state index in [1.54, 1.807) is 12.1 Å². The SMILES string of the molecule is C#CCNC(=O)c1ccccc1NC(=O)c1cc(F)cc(F)c1. The van der Waals surface area contributed by atoms with Gasteiger partial charge in [0.25, 0.3) is 11.8 Å². The monoisotopic (exact) mass is 314 g/mol. The summed E-state index contributed by atoms with van der Waals surface area (Å²) in [6.07, 6.45) is 5.07. The number of carbonyl (C=O) groups excluding carboxylic acids is 2. The molecule has 2 aromatic rings. The Hall–Kier alpha value is -3.20. The largest absolute Gasteiger partial charge is 0.341 e. The van der Waals surface area contributed by atoms with Crippen LogP contribution in [0.25, 0.3) is 0 Å². The first-order valence-electron chi connectivity index (χ1n) is 6.59. The van der Waals surface area contributed by atoms with Gasteiger partial charge < -0.3 is 10.6 Å². The van der Waals surface area contributed by atoms with Crippen molar-refractivity contribution in [1.29, 1.82) is 0 Å². The van der Waals surface area contributed by atoms with Gasteiger partial charge in [0.2, 0.25) is 0 Å². The molecule has 0 atom stereocenters. The molecule has 4 nitrogen and oxygen atoms in total. The quantitative estimate of drug-likeness (QED) is 0.852.